The first kappa shape index (κ1) is 19.4. The van der Waals surface area contributed by atoms with Crippen LogP contribution in [0.3, 0.4) is 0 Å². The molecule has 0 aliphatic carbocycles. The third kappa shape index (κ3) is 4.47. The number of sulfonamides is 1. The topological polar surface area (TPSA) is 74.1 Å². The van der Waals surface area contributed by atoms with E-state index in [0.29, 0.717) is 37.1 Å². The smallest absolute Gasteiger partial charge is 0.252 e. The lowest BCUT2D eigenvalue weighted by Gasteiger charge is -2.33. The zero-order valence-electron chi connectivity index (χ0n) is 14.3. The molecule has 0 saturated carbocycles. The molecule has 1 amide bonds. The van der Waals surface area contributed by atoms with Gasteiger partial charge in [0.05, 0.1) is 23.7 Å². The van der Waals surface area contributed by atoms with Crippen molar-refractivity contribution < 1.29 is 17.6 Å². The van der Waals surface area contributed by atoms with Gasteiger partial charge in [0.25, 0.3) is 10.0 Å². The van der Waals surface area contributed by atoms with Crippen LogP contribution in [0.4, 0.5) is 0 Å². The Morgan fingerprint density at radius 1 is 1.27 bits per heavy atom. The number of halogens is 1. The molecule has 0 unspecified atom stereocenters. The van der Waals surface area contributed by atoms with Crippen LogP contribution in [0, 0.1) is 0 Å². The minimum absolute atomic E-state index is 0.0252. The van der Waals surface area contributed by atoms with E-state index in [2.05, 4.69) is 0 Å². The summed E-state index contributed by atoms with van der Waals surface area (Å²) in [5.74, 6) is 0.703. The first-order valence-electron chi connectivity index (χ1n) is 8.10. The van der Waals surface area contributed by atoms with Gasteiger partial charge in [0.2, 0.25) is 5.91 Å². The largest absolute Gasteiger partial charge is 0.467 e. The number of likely N-dealkylation sites (N-methyl/N-ethyl adjacent to an activating group) is 1. The van der Waals surface area contributed by atoms with Crippen LogP contribution in [0.25, 0.3) is 0 Å². The van der Waals surface area contributed by atoms with Gasteiger partial charge in [-0.05, 0) is 24.3 Å². The molecule has 1 fully saturated rings. The standard InChI is InChI=1S/C16H20ClN3O4S2/c1-18(11-13-3-2-10-24-13)15(21)12-19-6-8-20(9-7-19)26(22,23)16-5-4-14(17)25-16/h2-5,10H,6-9,11-12H2,1H3. The summed E-state index contributed by atoms with van der Waals surface area (Å²) in [4.78, 5) is 15.9. The third-order valence-corrected chi connectivity index (χ3v) is 7.83. The number of amides is 1. The second-order valence-corrected chi connectivity index (χ2v) is 9.95. The number of thiophene rings is 1. The molecule has 1 aliphatic rings. The van der Waals surface area contributed by atoms with Gasteiger partial charge in [0, 0.05) is 33.2 Å². The highest BCUT2D eigenvalue weighted by Gasteiger charge is 2.30. The Labute approximate surface area is 161 Å². The predicted molar refractivity (Wildman–Crippen MR) is 99.7 cm³/mol. The first-order valence-corrected chi connectivity index (χ1v) is 10.7. The molecule has 0 aromatic carbocycles. The van der Waals surface area contributed by atoms with Crippen molar-refractivity contribution in [2.45, 2.75) is 10.8 Å². The average molecular weight is 418 g/mol. The summed E-state index contributed by atoms with van der Waals surface area (Å²) in [6, 6.07) is 6.73. The first-order chi connectivity index (χ1) is 12.4. The van der Waals surface area contributed by atoms with Gasteiger partial charge >= 0.3 is 0 Å². The molecule has 0 spiro atoms. The second kappa shape index (κ2) is 8.10. The summed E-state index contributed by atoms with van der Waals surface area (Å²) in [6.07, 6.45) is 1.58. The number of rotatable bonds is 6. The van der Waals surface area contributed by atoms with E-state index in [1.165, 1.54) is 10.4 Å². The molecule has 3 heterocycles. The van der Waals surface area contributed by atoms with Gasteiger partial charge in [-0.15, -0.1) is 11.3 Å². The molecule has 1 aliphatic heterocycles. The van der Waals surface area contributed by atoms with Gasteiger partial charge in [-0.2, -0.15) is 4.31 Å². The zero-order valence-corrected chi connectivity index (χ0v) is 16.7. The monoisotopic (exact) mass is 417 g/mol. The highest BCUT2D eigenvalue weighted by atomic mass is 35.5. The summed E-state index contributed by atoms with van der Waals surface area (Å²) in [6.45, 7) is 2.41. The van der Waals surface area contributed by atoms with Crippen LogP contribution in [0.2, 0.25) is 4.34 Å². The number of nitrogens with zero attached hydrogens (tertiary/aromatic N) is 3. The number of furan rings is 1. The molecule has 2 aromatic heterocycles. The van der Waals surface area contributed by atoms with Crippen LogP contribution in [0.5, 0.6) is 0 Å². The van der Waals surface area contributed by atoms with E-state index >= 15 is 0 Å². The molecule has 3 rings (SSSR count). The zero-order chi connectivity index (χ0) is 18.7. The number of hydrogen-bond acceptors (Lipinski definition) is 6. The van der Waals surface area contributed by atoms with E-state index in [4.69, 9.17) is 16.0 Å². The molecule has 2 aromatic rings. The Hall–Kier alpha value is -1.39. The number of carbonyl (C=O) groups is 1. The quantitative estimate of drug-likeness (QED) is 0.718. The summed E-state index contributed by atoms with van der Waals surface area (Å²) < 4.78 is 32.6. The Kier molecular flexibility index (Phi) is 6.03. The van der Waals surface area contributed by atoms with Crippen molar-refractivity contribution in [3.05, 3.63) is 40.6 Å². The summed E-state index contributed by atoms with van der Waals surface area (Å²) in [5.41, 5.74) is 0. The van der Waals surface area contributed by atoms with Crippen molar-refractivity contribution >= 4 is 38.9 Å². The lowest BCUT2D eigenvalue weighted by atomic mass is 10.3. The van der Waals surface area contributed by atoms with E-state index < -0.39 is 10.0 Å². The molecule has 1 saturated heterocycles. The summed E-state index contributed by atoms with van der Waals surface area (Å²) in [7, 11) is -1.78. The van der Waals surface area contributed by atoms with Crippen LogP contribution in [0.1, 0.15) is 5.76 Å². The number of carbonyl (C=O) groups excluding carboxylic acids is 1. The third-order valence-electron chi connectivity index (χ3n) is 4.23. The molecule has 7 nitrogen and oxygen atoms in total. The fourth-order valence-electron chi connectivity index (χ4n) is 2.73. The van der Waals surface area contributed by atoms with Crippen molar-refractivity contribution in [1.82, 2.24) is 14.1 Å². The second-order valence-electron chi connectivity index (χ2n) is 6.07. The van der Waals surface area contributed by atoms with Crippen molar-refractivity contribution in [3.63, 3.8) is 0 Å². The Morgan fingerprint density at radius 3 is 2.58 bits per heavy atom. The lowest BCUT2D eigenvalue weighted by Crippen LogP contribution is -2.51. The van der Waals surface area contributed by atoms with Crippen molar-refractivity contribution in [2.24, 2.45) is 0 Å². The van der Waals surface area contributed by atoms with Gasteiger partial charge in [-0.3, -0.25) is 9.69 Å². The summed E-state index contributed by atoms with van der Waals surface area (Å²) >= 11 is 6.90. The van der Waals surface area contributed by atoms with Crippen molar-refractivity contribution in [3.8, 4) is 0 Å². The predicted octanol–water partition coefficient (Wildman–Crippen LogP) is 1.96. The van der Waals surface area contributed by atoms with Crippen LogP contribution in [-0.2, 0) is 21.4 Å². The van der Waals surface area contributed by atoms with Crippen molar-refractivity contribution in [1.29, 1.82) is 0 Å². The SMILES string of the molecule is CN(Cc1ccco1)C(=O)CN1CCN(S(=O)(=O)c2ccc(Cl)s2)CC1. The van der Waals surface area contributed by atoms with Crippen LogP contribution in [0.15, 0.2) is 39.2 Å². The molecule has 26 heavy (non-hydrogen) atoms. The van der Waals surface area contributed by atoms with Crippen LogP contribution < -0.4 is 0 Å². The molecular weight excluding hydrogens is 398 g/mol. The maximum atomic E-state index is 12.6. The van der Waals surface area contributed by atoms with Gasteiger partial charge in [-0.25, -0.2) is 8.42 Å². The van der Waals surface area contributed by atoms with E-state index in [-0.39, 0.29) is 16.7 Å². The number of hydrogen-bond donors (Lipinski definition) is 0. The maximum Gasteiger partial charge on any atom is 0.252 e. The van der Waals surface area contributed by atoms with Gasteiger partial charge in [-0.1, -0.05) is 11.6 Å². The van der Waals surface area contributed by atoms with Gasteiger partial charge in [0.15, 0.2) is 0 Å². The molecule has 0 N–H and O–H groups in total. The molecular formula is C16H20ClN3O4S2. The molecule has 142 valence electrons. The van der Waals surface area contributed by atoms with E-state index in [9.17, 15) is 13.2 Å². The van der Waals surface area contributed by atoms with Gasteiger partial charge < -0.3 is 9.32 Å². The van der Waals surface area contributed by atoms with E-state index in [1.54, 1.807) is 30.3 Å². The minimum atomic E-state index is -3.51. The van der Waals surface area contributed by atoms with Crippen LogP contribution >= 0.6 is 22.9 Å². The van der Waals surface area contributed by atoms with Crippen LogP contribution in [-0.4, -0.2) is 68.2 Å². The highest BCUT2D eigenvalue weighted by molar-refractivity contribution is 7.91. The molecule has 0 radical (unpaired) electrons. The Bertz CT molecular complexity index is 843. The highest BCUT2D eigenvalue weighted by Crippen LogP contribution is 2.28. The number of piperazine rings is 1. The molecule has 0 atom stereocenters. The average Bonchev–Trinajstić information content (AvgIpc) is 3.27. The minimum Gasteiger partial charge on any atom is -0.467 e. The fourth-order valence-corrected chi connectivity index (χ4v) is 5.79. The van der Waals surface area contributed by atoms with Gasteiger partial charge in [0.1, 0.15) is 9.97 Å². The van der Waals surface area contributed by atoms with Crippen molar-refractivity contribution in [2.75, 3.05) is 39.8 Å². The van der Waals surface area contributed by atoms with E-state index in [0.717, 1.165) is 17.1 Å². The summed E-state index contributed by atoms with van der Waals surface area (Å²) in [5, 5.41) is 0. The van der Waals surface area contributed by atoms with E-state index in [1.807, 2.05) is 11.0 Å². The normalized spacial score (nSPS) is 16.7. The lowest BCUT2D eigenvalue weighted by molar-refractivity contribution is -0.132. The molecule has 10 heteroatoms. The maximum absolute atomic E-state index is 12.6. The Balaban J connectivity index is 1.51. The Morgan fingerprint density at radius 2 is 2.00 bits per heavy atom. The fraction of sp³-hybridized carbons (Fsp3) is 0.438. The molecule has 0 bridgehead atoms.